The zero-order valence-corrected chi connectivity index (χ0v) is 17.4. The van der Waals surface area contributed by atoms with Gasteiger partial charge in [0.15, 0.2) is 5.54 Å². The van der Waals surface area contributed by atoms with Crippen LogP contribution in [0.15, 0.2) is 40.2 Å². The molecule has 1 atom stereocenters. The molecule has 1 aliphatic rings. The van der Waals surface area contributed by atoms with Crippen LogP contribution in [0.4, 0.5) is 10.5 Å². The number of hydrogen-bond donors (Lipinski definition) is 2. The first-order chi connectivity index (χ1) is 13.5. The van der Waals surface area contributed by atoms with Gasteiger partial charge in [-0.2, -0.15) is 10.1 Å². The zero-order valence-electron chi connectivity index (χ0n) is 17.4. The molecule has 0 fully saturated rings. The second-order valence-corrected chi connectivity index (χ2v) is 7.99. The molecule has 9 heteroatoms. The fourth-order valence-electron chi connectivity index (χ4n) is 3.41. The molecule has 0 radical (unpaired) electrons. The fourth-order valence-corrected chi connectivity index (χ4v) is 3.41. The predicted octanol–water partition coefficient (Wildman–Crippen LogP) is 2.16. The SMILES string of the molecule is CC1=NN(c2ccccc2)C(=O)[C@]1(NC(=O)OC(C)(C)C)c1c(C)[nH]n(C)c1=O. The summed E-state index contributed by atoms with van der Waals surface area (Å²) in [6.45, 7) is 8.42. The number of hydrogen-bond acceptors (Lipinski definition) is 5. The summed E-state index contributed by atoms with van der Waals surface area (Å²) < 4.78 is 6.63. The van der Waals surface area contributed by atoms with Crippen molar-refractivity contribution < 1.29 is 14.3 Å². The van der Waals surface area contributed by atoms with Crippen LogP contribution >= 0.6 is 0 Å². The first-order valence-corrected chi connectivity index (χ1v) is 9.20. The average Bonchev–Trinajstić information content (AvgIpc) is 3.01. The number of carbonyl (C=O) groups excluding carboxylic acids is 2. The van der Waals surface area contributed by atoms with E-state index in [1.807, 2.05) is 6.07 Å². The molecule has 1 aromatic carbocycles. The third-order valence-electron chi connectivity index (χ3n) is 4.60. The molecule has 1 aliphatic heterocycles. The third-order valence-corrected chi connectivity index (χ3v) is 4.60. The second-order valence-electron chi connectivity index (χ2n) is 7.99. The highest BCUT2D eigenvalue weighted by atomic mass is 16.6. The van der Waals surface area contributed by atoms with Crippen LogP contribution in [0.3, 0.4) is 0 Å². The lowest BCUT2D eigenvalue weighted by Gasteiger charge is -2.30. The van der Waals surface area contributed by atoms with Gasteiger partial charge in [0, 0.05) is 12.7 Å². The largest absolute Gasteiger partial charge is 0.444 e. The van der Waals surface area contributed by atoms with Crippen LogP contribution in [0.25, 0.3) is 0 Å². The van der Waals surface area contributed by atoms with Gasteiger partial charge in [-0.15, -0.1) is 0 Å². The normalized spacial score (nSPS) is 19.3. The van der Waals surface area contributed by atoms with E-state index in [1.165, 1.54) is 9.69 Å². The monoisotopic (exact) mass is 399 g/mol. The number of nitrogens with zero attached hydrogens (tertiary/aromatic N) is 3. The minimum absolute atomic E-state index is 0.107. The smallest absolute Gasteiger partial charge is 0.409 e. The molecule has 0 spiro atoms. The fraction of sp³-hybridized carbons (Fsp3) is 0.400. The van der Waals surface area contributed by atoms with Crippen molar-refractivity contribution in [1.82, 2.24) is 15.1 Å². The zero-order chi connectivity index (χ0) is 21.6. The number of ether oxygens (including phenoxy) is 1. The number of rotatable bonds is 3. The van der Waals surface area contributed by atoms with Gasteiger partial charge in [0.2, 0.25) is 0 Å². The Morgan fingerprint density at radius 2 is 1.79 bits per heavy atom. The van der Waals surface area contributed by atoms with E-state index in [-0.39, 0.29) is 11.3 Å². The molecule has 0 saturated carbocycles. The van der Waals surface area contributed by atoms with Crippen molar-refractivity contribution in [2.24, 2.45) is 12.1 Å². The highest BCUT2D eigenvalue weighted by Gasteiger charge is 2.55. The maximum Gasteiger partial charge on any atom is 0.409 e. The van der Waals surface area contributed by atoms with Crippen LogP contribution in [0.2, 0.25) is 0 Å². The molecule has 2 N–H and O–H groups in total. The van der Waals surface area contributed by atoms with Gasteiger partial charge >= 0.3 is 6.09 Å². The van der Waals surface area contributed by atoms with Gasteiger partial charge < -0.3 is 4.74 Å². The third kappa shape index (κ3) is 3.43. The lowest BCUT2D eigenvalue weighted by Crippen LogP contribution is -2.59. The van der Waals surface area contributed by atoms with Crippen molar-refractivity contribution in [2.75, 3.05) is 5.01 Å². The number of para-hydroxylation sites is 1. The molecule has 29 heavy (non-hydrogen) atoms. The minimum atomic E-state index is -1.78. The van der Waals surface area contributed by atoms with E-state index < -0.39 is 28.7 Å². The highest BCUT2D eigenvalue weighted by Crippen LogP contribution is 2.34. The number of aryl methyl sites for hydroxylation is 2. The molecular weight excluding hydrogens is 374 g/mol. The van der Waals surface area contributed by atoms with Crippen LogP contribution in [0.1, 0.15) is 39.0 Å². The Labute approximate surface area is 168 Å². The molecule has 2 aromatic rings. The number of nitrogens with one attached hydrogen (secondary N) is 2. The van der Waals surface area contributed by atoms with Gasteiger partial charge in [0.25, 0.3) is 11.5 Å². The molecule has 0 unspecified atom stereocenters. The summed E-state index contributed by atoms with van der Waals surface area (Å²) in [4.78, 5) is 39.2. The predicted molar refractivity (Wildman–Crippen MR) is 109 cm³/mol. The summed E-state index contributed by atoms with van der Waals surface area (Å²) in [7, 11) is 1.54. The maximum atomic E-state index is 13.6. The number of carbonyl (C=O) groups is 2. The number of hydrazone groups is 1. The van der Waals surface area contributed by atoms with Gasteiger partial charge in [0.1, 0.15) is 5.60 Å². The van der Waals surface area contributed by atoms with Gasteiger partial charge in [-0.3, -0.25) is 24.7 Å². The van der Waals surface area contributed by atoms with Crippen molar-refractivity contribution in [3.05, 3.63) is 51.9 Å². The van der Waals surface area contributed by atoms with Crippen LogP contribution in [0.5, 0.6) is 0 Å². The van der Waals surface area contributed by atoms with Gasteiger partial charge in [0.05, 0.1) is 17.0 Å². The summed E-state index contributed by atoms with van der Waals surface area (Å²) in [5, 5.41) is 11.1. The van der Waals surface area contributed by atoms with Gasteiger partial charge in [-0.25, -0.2) is 4.79 Å². The van der Waals surface area contributed by atoms with E-state index in [9.17, 15) is 14.4 Å². The number of amides is 2. The van der Waals surface area contributed by atoms with Crippen molar-refractivity contribution in [3.63, 3.8) is 0 Å². The number of aromatic amines is 1. The van der Waals surface area contributed by atoms with Crippen molar-refractivity contribution in [1.29, 1.82) is 0 Å². The Kier molecular flexibility index (Phi) is 4.86. The Morgan fingerprint density at radius 1 is 1.17 bits per heavy atom. The van der Waals surface area contributed by atoms with Crippen LogP contribution in [0, 0.1) is 6.92 Å². The molecule has 0 aliphatic carbocycles. The lowest BCUT2D eigenvalue weighted by molar-refractivity contribution is -0.122. The van der Waals surface area contributed by atoms with Crippen molar-refractivity contribution in [2.45, 2.75) is 45.8 Å². The van der Waals surface area contributed by atoms with Crippen LogP contribution in [-0.4, -0.2) is 33.1 Å². The summed E-state index contributed by atoms with van der Waals surface area (Å²) >= 11 is 0. The first-order valence-electron chi connectivity index (χ1n) is 9.20. The van der Waals surface area contributed by atoms with E-state index in [1.54, 1.807) is 65.9 Å². The number of alkyl carbamates (subject to hydrolysis) is 1. The quantitative estimate of drug-likeness (QED) is 0.824. The van der Waals surface area contributed by atoms with E-state index in [2.05, 4.69) is 15.5 Å². The standard InChI is InChI=1S/C20H25N5O4/c1-12-15(16(26)24(6)22-12)20(21-18(28)29-19(3,4)5)13(2)23-25(17(20)27)14-10-8-7-9-11-14/h7-11,22H,1-6H3,(H,21,28)/t20-/m1/s1. The molecule has 0 saturated heterocycles. The van der Waals surface area contributed by atoms with Crippen LogP contribution in [-0.2, 0) is 22.1 Å². The topological polar surface area (TPSA) is 109 Å². The van der Waals surface area contributed by atoms with E-state index in [0.717, 1.165) is 0 Å². The summed E-state index contributed by atoms with van der Waals surface area (Å²) in [6.07, 6.45) is -0.821. The Morgan fingerprint density at radius 3 is 2.31 bits per heavy atom. The van der Waals surface area contributed by atoms with Crippen LogP contribution < -0.4 is 15.9 Å². The Hall–Kier alpha value is -3.36. The second kappa shape index (κ2) is 6.91. The van der Waals surface area contributed by atoms with E-state index in [4.69, 9.17) is 4.74 Å². The molecule has 154 valence electrons. The summed E-state index contributed by atoms with van der Waals surface area (Å²) in [6, 6.07) is 8.81. The number of anilines is 1. The molecule has 1 aromatic heterocycles. The molecule has 2 amide bonds. The van der Waals surface area contributed by atoms with Gasteiger partial charge in [-0.1, -0.05) is 18.2 Å². The Bertz CT molecular complexity index is 1050. The number of benzene rings is 1. The molecule has 9 nitrogen and oxygen atoms in total. The summed E-state index contributed by atoms with van der Waals surface area (Å²) in [5.41, 5.74) is -1.66. The van der Waals surface area contributed by atoms with Gasteiger partial charge in [-0.05, 0) is 46.8 Å². The Balaban J connectivity index is 2.17. The molecular formula is C20H25N5O4. The number of H-pyrrole nitrogens is 1. The van der Waals surface area contributed by atoms with Crippen molar-refractivity contribution >= 4 is 23.4 Å². The number of aromatic nitrogens is 2. The first kappa shape index (κ1) is 20.4. The molecule has 2 heterocycles. The summed E-state index contributed by atoms with van der Waals surface area (Å²) in [5.74, 6) is -0.563. The average molecular weight is 399 g/mol. The highest BCUT2D eigenvalue weighted by molar-refractivity contribution is 6.23. The molecule has 0 bridgehead atoms. The molecule has 3 rings (SSSR count). The van der Waals surface area contributed by atoms with E-state index in [0.29, 0.717) is 11.4 Å². The lowest BCUT2D eigenvalue weighted by atomic mass is 9.85. The van der Waals surface area contributed by atoms with E-state index >= 15 is 0 Å². The van der Waals surface area contributed by atoms with Crippen molar-refractivity contribution in [3.8, 4) is 0 Å². The maximum absolute atomic E-state index is 13.6. The minimum Gasteiger partial charge on any atom is -0.444 e.